The van der Waals surface area contributed by atoms with Crippen molar-refractivity contribution in [2.45, 2.75) is 57.2 Å². The second-order valence-corrected chi connectivity index (χ2v) is 6.56. The van der Waals surface area contributed by atoms with Gasteiger partial charge in [0.15, 0.2) is 0 Å². The summed E-state index contributed by atoms with van der Waals surface area (Å²) in [4.78, 5) is 2.23. The largest absolute Gasteiger partial charge is 0.389 e. The van der Waals surface area contributed by atoms with E-state index in [2.05, 4.69) is 43.1 Å². The van der Waals surface area contributed by atoms with Crippen molar-refractivity contribution in [3.8, 4) is 0 Å². The number of likely N-dealkylation sites (N-methyl/N-ethyl adjacent to an activating group) is 1. The first kappa shape index (κ1) is 15.5. The van der Waals surface area contributed by atoms with E-state index < -0.39 is 5.60 Å². The molecule has 3 heteroatoms. The van der Waals surface area contributed by atoms with Gasteiger partial charge in [-0.3, -0.25) is 4.90 Å². The number of hydrogen-bond acceptors (Lipinski definition) is 3. The van der Waals surface area contributed by atoms with E-state index in [1.165, 1.54) is 11.1 Å². The molecule has 0 heterocycles. The maximum Gasteiger partial charge on any atom is 0.0774 e. The van der Waals surface area contributed by atoms with Crippen LogP contribution in [0.4, 0.5) is 0 Å². The molecule has 1 aromatic rings. The minimum absolute atomic E-state index is 0.0341. The van der Waals surface area contributed by atoms with Gasteiger partial charge in [0.05, 0.1) is 5.60 Å². The topological polar surface area (TPSA) is 49.5 Å². The summed E-state index contributed by atoms with van der Waals surface area (Å²) in [6.07, 6.45) is 4.10. The molecule has 1 aliphatic carbocycles. The van der Waals surface area contributed by atoms with Crippen molar-refractivity contribution in [3.05, 3.63) is 35.4 Å². The van der Waals surface area contributed by atoms with Crippen LogP contribution in [0.3, 0.4) is 0 Å². The monoisotopic (exact) mass is 276 g/mol. The maximum atomic E-state index is 10.6. The quantitative estimate of drug-likeness (QED) is 0.869. The van der Waals surface area contributed by atoms with Crippen molar-refractivity contribution in [2.75, 3.05) is 13.6 Å². The van der Waals surface area contributed by atoms with Gasteiger partial charge in [0, 0.05) is 18.6 Å². The van der Waals surface area contributed by atoms with Crippen molar-refractivity contribution in [1.29, 1.82) is 0 Å². The van der Waals surface area contributed by atoms with E-state index in [0.29, 0.717) is 6.54 Å². The van der Waals surface area contributed by atoms with Crippen LogP contribution in [-0.4, -0.2) is 35.2 Å². The molecule has 2 rings (SSSR count). The molecule has 112 valence electrons. The maximum absolute atomic E-state index is 10.6. The van der Waals surface area contributed by atoms with Crippen LogP contribution < -0.4 is 5.73 Å². The first-order chi connectivity index (χ1) is 9.41. The lowest BCUT2D eigenvalue weighted by Gasteiger charge is -2.36. The number of aryl methyl sites for hydroxylation is 1. The minimum Gasteiger partial charge on any atom is -0.389 e. The predicted octanol–water partition coefficient (Wildman–Crippen LogP) is 2.62. The van der Waals surface area contributed by atoms with E-state index in [1.54, 1.807) is 0 Å². The highest BCUT2D eigenvalue weighted by Gasteiger charge is 2.34. The molecule has 0 aliphatic heterocycles. The molecule has 1 aromatic carbocycles. The standard InChI is InChI=1S/C17H28N2O/c1-13-7-6-8-15(11-13)16(14(2)18)19(3)12-17(20)9-4-5-10-17/h6-8,11,14,16,20H,4-5,9-10,12,18H2,1-3H3. The van der Waals surface area contributed by atoms with E-state index in [0.717, 1.165) is 25.7 Å². The molecule has 0 amide bonds. The lowest BCUT2D eigenvalue weighted by atomic mass is 9.95. The molecule has 1 saturated carbocycles. The van der Waals surface area contributed by atoms with Gasteiger partial charge in [-0.05, 0) is 39.3 Å². The first-order valence-corrected chi connectivity index (χ1v) is 7.66. The highest BCUT2D eigenvalue weighted by atomic mass is 16.3. The summed E-state index contributed by atoms with van der Waals surface area (Å²) in [5.41, 5.74) is 8.18. The molecule has 2 atom stereocenters. The van der Waals surface area contributed by atoms with Crippen LogP contribution in [0.2, 0.25) is 0 Å². The third kappa shape index (κ3) is 3.60. The Labute approximate surface area is 122 Å². The van der Waals surface area contributed by atoms with Gasteiger partial charge in [-0.1, -0.05) is 42.7 Å². The summed E-state index contributed by atoms with van der Waals surface area (Å²) in [6, 6.07) is 8.70. The minimum atomic E-state index is -0.522. The van der Waals surface area contributed by atoms with Gasteiger partial charge in [-0.15, -0.1) is 0 Å². The van der Waals surface area contributed by atoms with Gasteiger partial charge in [0.25, 0.3) is 0 Å². The zero-order chi connectivity index (χ0) is 14.8. The van der Waals surface area contributed by atoms with E-state index in [1.807, 2.05) is 6.92 Å². The van der Waals surface area contributed by atoms with Gasteiger partial charge in [-0.2, -0.15) is 0 Å². The number of nitrogens with two attached hydrogens (primary N) is 1. The fraction of sp³-hybridized carbons (Fsp3) is 0.647. The number of aliphatic hydroxyl groups is 1. The Balaban J connectivity index is 2.16. The predicted molar refractivity (Wildman–Crippen MR) is 83.6 cm³/mol. The summed E-state index contributed by atoms with van der Waals surface area (Å²) in [6.45, 7) is 4.85. The third-order valence-corrected chi connectivity index (χ3v) is 4.43. The van der Waals surface area contributed by atoms with Gasteiger partial charge in [0.1, 0.15) is 0 Å². The van der Waals surface area contributed by atoms with Crippen LogP contribution in [0, 0.1) is 6.92 Å². The van der Waals surface area contributed by atoms with Crippen LogP contribution in [0.25, 0.3) is 0 Å². The first-order valence-electron chi connectivity index (χ1n) is 7.66. The van der Waals surface area contributed by atoms with Crippen molar-refractivity contribution in [2.24, 2.45) is 5.73 Å². The Morgan fingerprint density at radius 3 is 2.55 bits per heavy atom. The fourth-order valence-corrected chi connectivity index (χ4v) is 3.57. The molecular formula is C17H28N2O. The van der Waals surface area contributed by atoms with Crippen LogP contribution in [-0.2, 0) is 0 Å². The fourth-order valence-electron chi connectivity index (χ4n) is 3.57. The van der Waals surface area contributed by atoms with Crippen molar-refractivity contribution < 1.29 is 5.11 Å². The van der Waals surface area contributed by atoms with E-state index in [-0.39, 0.29) is 12.1 Å². The van der Waals surface area contributed by atoms with Gasteiger partial charge in [-0.25, -0.2) is 0 Å². The summed E-state index contributed by atoms with van der Waals surface area (Å²) >= 11 is 0. The number of nitrogens with zero attached hydrogens (tertiary/aromatic N) is 1. The van der Waals surface area contributed by atoms with Crippen LogP contribution >= 0.6 is 0 Å². The van der Waals surface area contributed by atoms with Crippen molar-refractivity contribution in [3.63, 3.8) is 0 Å². The molecule has 1 fully saturated rings. The molecule has 20 heavy (non-hydrogen) atoms. The summed E-state index contributed by atoms with van der Waals surface area (Å²) in [5, 5.41) is 10.6. The summed E-state index contributed by atoms with van der Waals surface area (Å²) < 4.78 is 0. The van der Waals surface area contributed by atoms with Crippen LogP contribution in [0.1, 0.15) is 49.8 Å². The summed E-state index contributed by atoms with van der Waals surface area (Å²) in [5.74, 6) is 0. The second kappa shape index (κ2) is 6.25. The molecule has 0 saturated heterocycles. The van der Waals surface area contributed by atoms with Crippen LogP contribution in [0.15, 0.2) is 24.3 Å². The Kier molecular flexibility index (Phi) is 4.84. The van der Waals surface area contributed by atoms with Crippen LogP contribution in [0.5, 0.6) is 0 Å². The molecule has 0 radical (unpaired) electrons. The third-order valence-electron chi connectivity index (χ3n) is 4.43. The highest BCUT2D eigenvalue weighted by Crippen LogP contribution is 2.33. The van der Waals surface area contributed by atoms with Gasteiger partial charge in [0.2, 0.25) is 0 Å². The average Bonchev–Trinajstić information content (AvgIpc) is 2.75. The van der Waals surface area contributed by atoms with Crippen molar-refractivity contribution >= 4 is 0 Å². The van der Waals surface area contributed by atoms with E-state index in [9.17, 15) is 5.11 Å². The normalized spacial score (nSPS) is 21.1. The number of hydrogen-bond donors (Lipinski definition) is 2. The molecule has 3 N–H and O–H groups in total. The molecule has 3 nitrogen and oxygen atoms in total. The Morgan fingerprint density at radius 1 is 1.35 bits per heavy atom. The van der Waals surface area contributed by atoms with E-state index in [4.69, 9.17) is 5.73 Å². The van der Waals surface area contributed by atoms with Crippen molar-refractivity contribution in [1.82, 2.24) is 4.90 Å². The SMILES string of the molecule is Cc1cccc(C(C(C)N)N(C)CC2(O)CCCC2)c1. The average molecular weight is 276 g/mol. The number of benzene rings is 1. The van der Waals surface area contributed by atoms with E-state index >= 15 is 0 Å². The molecule has 2 unspecified atom stereocenters. The molecular weight excluding hydrogens is 248 g/mol. The second-order valence-electron chi connectivity index (χ2n) is 6.56. The Bertz CT molecular complexity index is 438. The smallest absolute Gasteiger partial charge is 0.0774 e. The molecule has 0 spiro atoms. The zero-order valence-electron chi connectivity index (χ0n) is 13.0. The summed E-state index contributed by atoms with van der Waals surface area (Å²) in [7, 11) is 2.08. The Hall–Kier alpha value is -0.900. The molecule has 0 bridgehead atoms. The highest BCUT2D eigenvalue weighted by molar-refractivity contribution is 5.26. The lowest BCUT2D eigenvalue weighted by molar-refractivity contribution is 0.00253. The molecule has 0 aromatic heterocycles. The van der Waals surface area contributed by atoms with Gasteiger partial charge >= 0.3 is 0 Å². The molecule has 1 aliphatic rings. The lowest BCUT2D eigenvalue weighted by Crippen LogP contribution is -2.45. The Morgan fingerprint density at radius 2 is 2.00 bits per heavy atom. The van der Waals surface area contributed by atoms with Gasteiger partial charge < -0.3 is 10.8 Å². The number of rotatable bonds is 5. The zero-order valence-corrected chi connectivity index (χ0v) is 13.0.